The maximum atomic E-state index is 13.0. The fraction of sp³-hybridized carbons (Fsp3) is 0.778. The first-order valence-corrected chi connectivity index (χ1v) is 19.3. The van der Waals surface area contributed by atoms with Crippen molar-refractivity contribution in [2.45, 2.75) is 152 Å². The molecule has 1 fully saturated rings. The summed E-state index contributed by atoms with van der Waals surface area (Å²) in [5, 5.41) is 95.9. The molecule has 1 heterocycles. The lowest BCUT2D eigenvalue weighted by Crippen LogP contribution is -2.62. The lowest BCUT2D eigenvalue weighted by molar-refractivity contribution is -0.528. The normalized spacial score (nSPS) is 23.8. The summed E-state index contributed by atoms with van der Waals surface area (Å²) in [6.45, 7) is 4.24. The van der Waals surface area contributed by atoms with Crippen LogP contribution in [0.4, 0.5) is 0 Å². The van der Waals surface area contributed by atoms with E-state index >= 15 is 0 Å². The number of benzene rings is 1. The maximum absolute atomic E-state index is 13.0. The standard InChI is InChI=1S/C36H62N2O12S/c1-4-5-6-7-8-9-10-11-12-13-18-51-23-36(2,3)38(48)20-25-16-14-24(15-17-25)19-37-34(47)31(45)30(44)33(26(41)21-39)50-35-32(46)29(43)28(42)27(22-40)49-35/h14-17,20,26-33,35,39-46H,4-13,18-19,21-23H2,1-3H3,(H,37,47)/b38-20-. The monoisotopic (exact) mass is 746 g/mol. The van der Waals surface area contributed by atoms with Crippen LogP contribution in [0.1, 0.15) is 96.1 Å². The quantitative estimate of drug-likeness (QED) is 0.0223. The van der Waals surface area contributed by atoms with E-state index in [0.717, 1.165) is 16.9 Å². The number of nitrogens with zero attached hydrogens (tertiary/aromatic N) is 1. The van der Waals surface area contributed by atoms with Gasteiger partial charge in [-0.25, -0.2) is 4.74 Å². The van der Waals surface area contributed by atoms with Crippen molar-refractivity contribution in [3.8, 4) is 0 Å². The second kappa shape index (κ2) is 23.7. The first kappa shape index (κ1) is 45.3. The fourth-order valence-electron chi connectivity index (χ4n) is 5.57. The van der Waals surface area contributed by atoms with Crippen molar-refractivity contribution in [1.29, 1.82) is 0 Å². The summed E-state index contributed by atoms with van der Waals surface area (Å²) in [7, 11) is 0. The van der Waals surface area contributed by atoms with Crippen LogP contribution in [-0.2, 0) is 20.8 Å². The molecular weight excluding hydrogens is 684 g/mol. The number of carbonyl (C=O) groups excluding carboxylic acids is 1. The molecule has 0 bridgehead atoms. The number of carbonyl (C=O) groups is 1. The largest absolute Gasteiger partial charge is 0.623 e. The van der Waals surface area contributed by atoms with E-state index in [2.05, 4.69) is 12.2 Å². The molecule has 1 aliphatic heterocycles. The predicted octanol–water partition coefficient (Wildman–Crippen LogP) is 0.925. The highest BCUT2D eigenvalue weighted by atomic mass is 32.2. The van der Waals surface area contributed by atoms with E-state index in [0.29, 0.717) is 16.9 Å². The van der Waals surface area contributed by atoms with Crippen LogP contribution in [-0.4, -0.2) is 143 Å². The van der Waals surface area contributed by atoms with Crippen molar-refractivity contribution in [2.75, 3.05) is 24.7 Å². The molecular formula is C36H62N2O12S. The summed E-state index contributed by atoms with van der Waals surface area (Å²) in [5.41, 5.74) is 0.672. The van der Waals surface area contributed by atoms with Gasteiger partial charge in [0.1, 0.15) is 42.7 Å². The Morgan fingerprint density at radius 1 is 0.961 bits per heavy atom. The van der Waals surface area contributed by atoms with Gasteiger partial charge in [0.25, 0.3) is 5.91 Å². The molecule has 9 unspecified atom stereocenters. The van der Waals surface area contributed by atoms with E-state index in [-0.39, 0.29) is 6.54 Å². The van der Waals surface area contributed by atoms with Crippen LogP contribution >= 0.6 is 11.8 Å². The number of hydrogen-bond acceptors (Lipinski definition) is 13. The highest BCUT2D eigenvalue weighted by Crippen LogP contribution is 2.25. The van der Waals surface area contributed by atoms with Crippen LogP contribution in [0.15, 0.2) is 24.3 Å². The van der Waals surface area contributed by atoms with Gasteiger partial charge in [0, 0.05) is 26.0 Å². The lowest BCUT2D eigenvalue weighted by atomic mass is 9.98. The van der Waals surface area contributed by atoms with E-state index in [1.807, 2.05) is 13.8 Å². The van der Waals surface area contributed by atoms with E-state index in [1.165, 1.54) is 64.0 Å². The third kappa shape index (κ3) is 15.2. The molecule has 0 spiro atoms. The first-order chi connectivity index (χ1) is 24.3. The minimum atomic E-state index is -2.17. The maximum Gasteiger partial charge on any atom is 0.251 e. The van der Waals surface area contributed by atoms with Gasteiger partial charge in [-0.2, -0.15) is 11.8 Å². The van der Waals surface area contributed by atoms with Gasteiger partial charge in [-0.1, -0.05) is 76.8 Å². The molecule has 1 aliphatic rings. The van der Waals surface area contributed by atoms with Gasteiger partial charge in [-0.05, 0) is 29.9 Å². The molecule has 2 rings (SSSR count). The Bertz CT molecular complexity index is 1140. The average molecular weight is 747 g/mol. The predicted molar refractivity (Wildman–Crippen MR) is 194 cm³/mol. The van der Waals surface area contributed by atoms with Crippen LogP contribution < -0.4 is 5.32 Å². The highest BCUT2D eigenvalue weighted by molar-refractivity contribution is 7.99. The molecule has 0 aliphatic carbocycles. The molecule has 0 aromatic heterocycles. The molecule has 1 aromatic carbocycles. The Morgan fingerprint density at radius 2 is 1.55 bits per heavy atom. The third-order valence-electron chi connectivity index (χ3n) is 9.04. The summed E-state index contributed by atoms with van der Waals surface area (Å²) >= 11 is 1.79. The number of unbranched alkanes of at least 4 members (excludes halogenated alkanes) is 9. The van der Waals surface area contributed by atoms with Crippen molar-refractivity contribution in [2.24, 2.45) is 0 Å². The molecule has 0 saturated carbocycles. The van der Waals surface area contributed by atoms with Crippen molar-refractivity contribution in [1.82, 2.24) is 5.32 Å². The third-order valence-corrected chi connectivity index (χ3v) is 10.5. The van der Waals surface area contributed by atoms with Gasteiger partial charge in [0.15, 0.2) is 24.1 Å². The van der Waals surface area contributed by atoms with Gasteiger partial charge >= 0.3 is 0 Å². The molecule has 15 heteroatoms. The van der Waals surface area contributed by atoms with Crippen molar-refractivity contribution < 1.29 is 59.9 Å². The van der Waals surface area contributed by atoms with Crippen molar-refractivity contribution >= 4 is 23.9 Å². The van der Waals surface area contributed by atoms with Crippen LogP contribution in [0, 0.1) is 5.21 Å². The minimum absolute atomic E-state index is 0.0636. The number of amides is 1. The second-order valence-corrected chi connectivity index (χ2v) is 15.0. The smallest absolute Gasteiger partial charge is 0.251 e. The number of nitrogens with one attached hydrogen (secondary N) is 1. The Morgan fingerprint density at radius 3 is 2.12 bits per heavy atom. The molecule has 1 saturated heterocycles. The summed E-state index contributed by atoms with van der Waals surface area (Å²) in [5.74, 6) is 0.661. The summed E-state index contributed by atoms with van der Waals surface area (Å²) < 4.78 is 11.5. The Balaban J connectivity index is 1.83. The van der Waals surface area contributed by atoms with E-state index < -0.39 is 79.8 Å². The lowest BCUT2D eigenvalue weighted by Gasteiger charge is -2.42. The number of rotatable bonds is 25. The van der Waals surface area contributed by atoms with Crippen LogP contribution in [0.3, 0.4) is 0 Å². The van der Waals surface area contributed by atoms with E-state index in [9.17, 15) is 50.9 Å². The number of hydroxylamine groups is 1. The highest BCUT2D eigenvalue weighted by Gasteiger charge is 2.47. The molecule has 9 N–H and O–H groups in total. The zero-order valence-electron chi connectivity index (χ0n) is 30.3. The molecule has 0 radical (unpaired) electrons. The molecule has 1 aromatic rings. The molecule has 1 amide bonds. The molecule has 9 atom stereocenters. The SMILES string of the molecule is CCCCCCCCCCCCSCC(C)(C)/[N+]([O-])=C/c1ccc(CNC(=O)C(O)C(O)C(OC2OC(CO)C(O)C(O)C2O)C(O)CO)cc1. The van der Waals surface area contributed by atoms with Crippen molar-refractivity contribution in [3.05, 3.63) is 40.6 Å². The van der Waals surface area contributed by atoms with Gasteiger partial charge in [-0.3, -0.25) is 4.79 Å². The van der Waals surface area contributed by atoms with Gasteiger partial charge in [-0.15, -0.1) is 0 Å². The average Bonchev–Trinajstić information content (AvgIpc) is 3.12. The summed E-state index contributed by atoms with van der Waals surface area (Å²) in [4.78, 5) is 12.7. The summed E-state index contributed by atoms with van der Waals surface area (Å²) in [6.07, 6.45) is -2.25. The number of thioether (sulfide) groups is 1. The second-order valence-electron chi connectivity index (χ2n) is 13.9. The molecule has 14 nitrogen and oxygen atoms in total. The Hall–Kier alpha value is -1.89. The molecule has 294 valence electrons. The van der Waals surface area contributed by atoms with Crippen molar-refractivity contribution in [3.63, 3.8) is 0 Å². The van der Waals surface area contributed by atoms with Gasteiger partial charge < -0.3 is 60.8 Å². The zero-order valence-corrected chi connectivity index (χ0v) is 31.1. The van der Waals surface area contributed by atoms with Crippen LogP contribution in [0.2, 0.25) is 0 Å². The van der Waals surface area contributed by atoms with Gasteiger partial charge in [0.05, 0.1) is 19.0 Å². The number of ether oxygens (including phenoxy) is 2. The topological polar surface area (TPSA) is 235 Å². The molecule has 51 heavy (non-hydrogen) atoms. The Kier molecular flexibility index (Phi) is 21.0. The number of aliphatic hydroxyl groups excluding tert-OH is 8. The van der Waals surface area contributed by atoms with E-state index in [1.54, 1.807) is 36.0 Å². The van der Waals surface area contributed by atoms with Crippen LogP contribution in [0.25, 0.3) is 0 Å². The Labute approximate surface area is 306 Å². The minimum Gasteiger partial charge on any atom is -0.623 e. The van der Waals surface area contributed by atoms with Crippen LogP contribution in [0.5, 0.6) is 0 Å². The van der Waals surface area contributed by atoms with Gasteiger partial charge in [0.2, 0.25) is 0 Å². The van der Waals surface area contributed by atoms with E-state index in [4.69, 9.17) is 9.47 Å². The zero-order chi connectivity index (χ0) is 38.0. The number of hydrogen-bond donors (Lipinski definition) is 9. The number of aliphatic hydroxyl groups is 8. The fourth-order valence-corrected chi connectivity index (χ4v) is 6.75. The summed E-state index contributed by atoms with van der Waals surface area (Å²) in [6, 6.07) is 6.81. The first-order valence-electron chi connectivity index (χ1n) is 18.1.